The smallest absolute Gasteiger partial charge is 0.305 e. The minimum absolute atomic E-state index is 0.00832. The Labute approximate surface area is 120 Å². The van der Waals surface area contributed by atoms with Gasteiger partial charge in [0.05, 0.1) is 24.4 Å². The van der Waals surface area contributed by atoms with E-state index in [1.165, 1.54) is 11.3 Å². The van der Waals surface area contributed by atoms with Gasteiger partial charge >= 0.3 is 5.97 Å². The molecule has 0 amide bonds. The summed E-state index contributed by atoms with van der Waals surface area (Å²) >= 11 is 1.46. The van der Waals surface area contributed by atoms with Crippen molar-refractivity contribution in [2.24, 2.45) is 0 Å². The van der Waals surface area contributed by atoms with Crippen LogP contribution in [0.15, 0.2) is 11.4 Å². The number of carboxylic acid groups (broad SMARTS) is 1. The topological polar surface area (TPSA) is 90.1 Å². The van der Waals surface area contributed by atoms with Crippen LogP contribution in [0.1, 0.15) is 32.2 Å². The molecule has 0 radical (unpaired) electrons. The second-order valence-electron chi connectivity index (χ2n) is 4.34. The second kappa shape index (κ2) is 6.47. The van der Waals surface area contributed by atoms with Crippen molar-refractivity contribution in [2.45, 2.75) is 32.2 Å². The van der Waals surface area contributed by atoms with Crippen LogP contribution in [-0.4, -0.2) is 38.4 Å². The fourth-order valence-electron chi connectivity index (χ4n) is 1.99. The zero-order valence-electron chi connectivity index (χ0n) is 11.3. The standard InChI is InChI=1S/C12H16N4O3S/c1-3-4-8(5-11(17)18)16-12(13-14-15-16)10-6-9(19-2)7-20-10/h6-8H,3-5H2,1-2H3,(H,17,18). The first-order valence-electron chi connectivity index (χ1n) is 6.28. The van der Waals surface area contributed by atoms with E-state index in [2.05, 4.69) is 15.5 Å². The fourth-order valence-corrected chi connectivity index (χ4v) is 2.82. The molecule has 0 fully saturated rings. The Bertz CT molecular complexity index is 581. The number of carbonyl (C=O) groups is 1. The molecule has 0 bridgehead atoms. The number of tetrazole rings is 1. The summed E-state index contributed by atoms with van der Waals surface area (Å²) in [5.41, 5.74) is 0. The number of rotatable bonds is 7. The van der Waals surface area contributed by atoms with Gasteiger partial charge in [0.1, 0.15) is 5.75 Å². The van der Waals surface area contributed by atoms with Crippen LogP contribution in [0.25, 0.3) is 10.7 Å². The SMILES string of the molecule is CCCC(CC(=O)O)n1nnnc1-c1cc(OC)cs1. The summed E-state index contributed by atoms with van der Waals surface area (Å²) in [5, 5.41) is 22.5. The van der Waals surface area contributed by atoms with Crippen LogP contribution < -0.4 is 4.74 Å². The molecule has 0 aliphatic rings. The molecule has 2 aromatic heterocycles. The summed E-state index contributed by atoms with van der Waals surface area (Å²) in [6.45, 7) is 2.01. The highest BCUT2D eigenvalue weighted by molar-refractivity contribution is 7.13. The second-order valence-corrected chi connectivity index (χ2v) is 5.25. The van der Waals surface area contributed by atoms with Crippen LogP contribution in [-0.2, 0) is 4.79 Å². The van der Waals surface area contributed by atoms with E-state index in [0.717, 1.165) is 17.0 Å². The zero-order valence-corrected chi connectivity index (χ0v) is 12.1. The Hall–Kier alpha value is -1.96. The van der Waals surface area contributed by atoms with Crippen molar-refractivity contribution in [3.05, 3.63) is 11.4 Å². The number of methoxy groups -OCH3 is 1. The van der Waals surface area contributed by atoms with Gasteiger partial charge in [-0.1, -0.05) is 13.3 Å². The van der Waals surface area contributed by atoms with Gasteiger partial charge in [0.2, 0.25) is 0 Å². The number of aromatic nitrogens is 4. The van der Waals surface area contributed by atoms with Gasteiger partial charge in [0.15, 0.2) is 5.82 Å². The molecule has 108 valence electrons. The van der Waals surface area contributed by atoms with Crippen LogP contribution >= 0.6 is 11.3 Å². The van der Waals surface area contributed by atoms with Gasteiger partial charge in [-0.05, 0) is 16.8 Å². The van der Waals surface area contributed by atoms with Crippen LogP contribution in [0, 0.1) is 0 Å². The largest absolute Gasteiger partial charge is 0.496 e. The maximum Gasteiger partial charge on any atom is 0.305 e. The first-order valence-corrected chi connectivity index (χ1v) is 7.16. The molecule has 0 saturated heterocycles. The van der Waals surface area contributed by atoms with Crippen LogP contribution in [0.2, 0.25) is 0 Å². The Kier molecular flexibility index (Phi) is 4.67. The molecule has 2 heterocycles. The number of thiophene rings is 1. The van der Waals surface area contributed by atoms with Crippen molar-refractivity contribution in [3.8, 4) is 16.5 Å². The summed E-state index contributed by atoms with van der Waals surface area (Å²) in [6, 6.07) is 1.60. The predicted octanol–water partition coefficient (Wildman–Crippen LogP) is 2.23. The molecule has 8 heteroatoms. The molecular formula is C12H16N4O3S. The maximum atomic E-state index is 11.0. The van der Waals surface area contributed by atoms with Gasteiger partial charge in [-0.15, -0.1) is 16.4 Å². The van der Waals surface area contributed by atoms with Crippen molar-refractivity contribution in [1.82, 2.24) is 20.2 Å². The maximum absolute atomic E-state index is 11.0. The molecule has 1 atom stereocenters. The van der Waals surface area contributed by atoms with E-state index in [1.54, 1.807) is 11.8 Å². The van der Waals surface area contributed by atoms with Gasteiger partial charge in [0, 0.05) is 11.4 Å². The number of carboxylic acids is 1. The molecule has 20 heavy (non-hydrogen) atoms. The van der Waals surface area contributed by atoms with E-state index < -0.39 is 5.97 Å². The molecule has 2 aromatic rings. The molecule has 1 unspecified atom stereocenters. The van der Waals surface area contributed by atoms with Gasteiger partial charge in [-0.25, -0.2) is 4.68 Å². The summed E-state index contributed by atoms with van der Waals surface area (Å²) in [4.78, 5) is 11.8. The van der Waals surface area contributed by atoms with Gasteiger partial charge in [0.25, 0.3) is 0 Å². The normalized spacial score (nSPS) is 12.3. The number of hydrogen-bond acceptors (Lipinski definition) is 6. The van der Waals surface area contributed by atoms with Crippen molar-refractivity contribution in [2.75, 3.05) is 7.11 Å². The predicted molar refractivity (Wildman–Crippen MR) is 73.9 cm³/mol. The molecule has 0 aliphatic heterocycles. The lowest BCUT2D eigenvalue weighted by Crippen LogP contribution is -2.16. The highest BCUT2D eigenvalue weighted by atomic mass is 32.1. The number of aliphatic carboxylic acids is 1. The van der Waals surface area contributed by atoms with E-state index >= 15 is 0 Å². The molecule has 7 nitrogen and oxygen atoms in total. The average Bonchev–Trinajstić information content (AvgIpc) is 3.06. The molecule has 0 saturated carbocycles. The van der Waals surface area contributed by atoms with Gasteiger partial charge in [-0.3, -0.25) is 4.79 Å². The minimum atomic E-state index is -0.853. The Morgan fingerprint density at radius 2 is 2.40 bits per heavy atom. The Morgan fingerprint density at radius 1 is 1.60 bits per heavy atom. The van der Waals surface area contributed by atoms with E-state index in [4.69, 9.17) is 9.84 Å². The molecule has 0 aromatic carbocycles. The third kappa shape index (κ3) is 3.13. The first-order chi connectivity index (χ1) is 9.65. The monoisotopic (exact) mass is 296 g/mol. The van der Waals surface area contributed by atoms with E-state index in [1.807, 2.05) is 18.4 Å². The molecule has 0 aliphatic carbocycles. The first kappa shape index (κ1) is 14.4. The lowest BCUT2D eigenvalue weighted by Gasteiger charge is -2.14. The van der Waals surface area contributed by atoms with Crippen molar-refractivity contribution in [1.29, 1.82) is 0 Å². The van der Waals surface area contributed by atoms with Crippen molar-refractivity contribution < 1.29 is 14.6 Å². The number of ether oxygens (including phenoxy) is 1. The van der Waals surface area contributed by atoms with Crippen LogP contribution in [0.3, 0.4) is 0 Å². The minimum Gasteiger partial charge on any atom is -0.496 e. The zero-order chi connectivity index (χ0) is 14.5. The highest BCUT2D eigenvalue weighted by Gasteiger charge is 2.21. The quantitative estimate of drug-likeness (QED) is 0.842. The summed E-state index contributed by atoms with van der Waals surface area (Å²) < 4.78 is 6.74. The van der Waals surface area contributed by atoms with Crippen LogP contribution in [0.5, 0.6) is 5.75 Å². The summed E-state index contributed by atoms with van der Waals surface area (Å²) in [5.74, 6) is 0.469. The highest BCUT2D eigenvalue weighted by Crippen LogP contribution is 2.31. The van der Waals surface area contributed by atoms with Crippen molar-refractivity contribution >= 4 is 17.3 Å². The molecule has 1 N–H and O–H groups in total. The lowest BCUT2D eigenvalue weighted by molar-refractivity contribution is -0.138. The molecule has 2 rings (SSSR count). The fraction of sp³-hybridized carbons (Fsp3) is 0.500. The number of nitrogens with zero attached hydrogens (tertiary/aromatic N) is 4. The third-order valence-corrected chi connectivity index (χ3v) is 3.81. The van der Waals surface area contributed by atoms with E-state index in [0.29, 0.717) is 12.2 Å². The van der Waals surface area contributed by atoms with Crippen molar-refractivity contribution in [3.63, 3.8) is 0 Å². The summed E-state index contributed by atoms with van der Waals surface area (Å²) in [7, 11) is 1.60. The molecular weight excluding hydrogens is 280 g/mol. The average molecular weight is 296 g/mol. The van der Waals surface area contributed by atoms with Crippen LogP contribution in [0.4, 0.5) is 0 Å². The molecule has 0 spiro atoms. The Morgan fingerprint density at radius 3 is 3.00 bits per heavy atom. The lowest BCUT2D eigenvalue weighted by atomic mass is 10.1. The number of hydrogen-bond donors (Lipinski definition) is 1. The van der Waals surface area contributed by atoms with Gasteiger partial charge in [-0.2, -0.15) is 0 Å². The Balaban J connectivity index is 2.32. The summed E-state index contributed by atoms with van der Waals surface area (Å²) in [6.07, 6.45) is 1.59. The van der Waals surface area contributed by atoms with E-state index in [9.17, 15) is 4.79 Å². The van der Waals surface area contributed by atoms with E-state index in [-0.39, 0.29) is 12.5 Å². The third-order valence-electron chi connectivity index (χ3n) is 2.90. The van der Waals surface area contributed by atoms with Gasteiger partial charge < -0.3 is 9.84 Å².